The normalized spacial score (nSPS) is 9.90. The summed E-state index contributed by atoms with van der Waals surface area (Å²) in [4.78, 5) is 14.4. The zero-order chi connectivity index (χ0) is 7.72. The third-order valence-corrected chi connectivity index (χ3v) is 1.27. The van der Waals surface area contributed by atoms with Gasteiger partial charge < -0.3 is 4.42 Å². The van der Waals surface area contributed by atoms with E-state index >= 15 is 0 Å². The average Bonchev–Trinajstić information content (AvgIpc) is 2.10. The number of aromatic nitrogens is 1. The molecule has 0 aliphatic rings. The second kappa shape index (κ2) is 2.42. The number of oxazole rings is 1. The summed E-state index contributed by atoms with van der Waals surface area (Å²) in [5, 5.41) is 0.0164. The van der Waals surface area contributed by atoms with Crippen LogP contribution in [0.4, 0.5) is 0 Å². The molecule has 0 atom stereocenters. The number of carbonyl (C=O) groups is 1. The summed E-state index contributed by atoms with van der Waals surface area (Å²) in [5.74, 6) is 0.339. The number of nitrogens with zero attached hydrogens (tertiary/aromatic N) is 1. The first-order chi connectivity index (χ1) is 4.61. The predicted octanol–water partition coefficient (Wildman–Crippen LogP) is 1.84. The van der Waals surface area contributed by atoms with Gasteiger partial charge in [0.05, 0.1) is 0 Å². The standard InChI is InChI=1S/C6H6ClNO2/c1-3(9)5-4(2)10-6(7)8-5/h1-2H3. The van der Waals surface area contributed by atoms with Crippen molar-refractivity contribution in [2.45, 2.75) is 13.8 Å². The SMILES string of the molecule is CC(=O)c1nc(Cl)oc1C. The number of hydrogen-bond donors (Lipinski definition) is 0. The van der Waals surface area contributed by atoms with Gasteiger partial charge in [-0.05, 0) is 18.5 Å². The van der Waals surface area contributed by atoms with Crippen molar-refractivity contribution in [2.24, 2.45) is 0 Å². The number of carbonyl (C=O) groups excluding carboxylic acids is 1. The zero-order valence-corrected chi connectivity index (χ0v) is 6.40. The molecule has 0 saturated carbocycles. The number of ketones is 1. The first-order valence-electron chi connectivity index (χ1n) is 2.75. The molecule has 54 valence electrons. The largest absolute Gasteiger partial charge is 0.432 e. The molecule has 0 N–H and O–H groups in total. The molecule has 0 aliphatic carbocycles. The number of rotatable bonds is 1. The fourth-order valence-corrected chi connectivity index (χ4v) is 0.891. The molecule has 3 nitrogen and oxygen atoms in total. The lowest BCUT2D eigenvalue weighted by Gasteiger charge is -1.83. The lowest BCUT2D eigenvalue weighted by molar-refractivity contribution is 0.101. The minimum Gasteiger partial charge on any atom is -0.432 e. The summed E-state index contributed by atoms with van der Waals surface area (Å²) in [6.45, 7) is 3.07. The third-order valence-electron chi connectivity index (χ3n) is 1.10. The van der Waals surface area contributed by atoms with Crippen LogP contribution in [0.1, 0.15) is 23.2 Å². The van der Waals surface area contributed by atoms with Crippen LogP contribution in [-0.4, -0.2) is 10.8 Å². The molecular weight excluding hydrogens is 154 g/mol. The van der Waals surface area contributed by atoms with Crippen LogP contribution in [0.5, 0.6) is 0 Å². The van der Waals surface area contributed by atoms with Crippen molar-refractivity contribution in [3.05, 3.63) is 16.8 Å². The second-order valence-corrected chi connectivity index (χ2v) is 2.25. The topological polar surface area (TPSA) is 43.1 Å². The lowest BCUT2D eigenvalue weighted by atomic mass is 10.3. The number of Topliss-reactive ketones (excluding diaryl/α,β-unsaturated/α-hetero) is 1. The van der Waals surface area contributed by atoms with Gasteiger partial charge in [0.15, 0.2) is 5.78 Å². The van der Waals surface area contributed by atoms with Gasteiger partial charge in [-0.15, -0.1) is 0 Å². The maximum absolute atomic E-state index is 10.7. The Morgan fingerprint density at radius 3 is 2.50 bits per heavy atom. The van der Waals surface area contributed by atoms with Crippen molar-refractivity contribution in [1.82, 2.24) is 4.98 Å². The highest BCUT2D eigenvalue weighted by Crippen LogP contribution is 2.13. The lowest BCUT2D eigenvalue weighted by Crippen LogP contribution is -1.93. The maximum atomic E-state index is 10.7. The first-order valence-corrected chi connectivity index (χ1v) is 3.13. The monoisotopic (exact) mass is 159 g/mol. The van der Waals surface area contributed by atoms with Crippen molar-refractivity contribution >= 4 is 17.4 Å². The fraction of sp³-hybridized carbons (Fsp3) is 0.333. The van der Waals surface area contributed by atoms with Crippen LogP contribution in [0.2, 0.25) is 5.35 Å². The van der Waals surface area contributed by atoms with Crippen LogP contribution < -0.4 is 0 Å². The molecule has 0 spiro atoms. The summed E-state index contributed by atoms with van der Waals surface area (Å²) in [6.07, 6.45) is 0. The van der Waals surface area contributed by atoms with Crippen molar-refractivity contribution < 1.29 is 9.21 Å². The van der Waals surface area contributed by atoms with Crippen LogP contribution in [0.25, 0.3) is 0 Å². The van der Waals surface area contributed by atoms with E-state index in [1.165, 1.54) is 6.92 Å². The Kier molecular flexibility index (Phi) is 1.76. The van der Waals surface area contributed by atoms with Gasteiger partial charge in [-0.2, -0.15) is 4.98 Å². The van der Waals surface area contributed by atoms with Gasteiger partial charge in [-0.25, -0.2) is 0 Å². The molecule has 0 amide bonds. The molecule has 0 aromatic carbocycles. The van der Waals surface area contributed by atoms with Gasteiger partial charge in [-0.1, -0.05) is 0 Å². The Bertz CT molecular complexity index is 267. The number of hydrogen-bond acceptors (Lipinski definition) is 3. The number of halogens is 1. The van der Waals surface area contributed by atoms with Gasteiger partial charge in [0, 0.05) is 6.92 Å². The van der Waals surface area contributed by atoms with Crippen LogP contribution in [0.3, 0.4) is 0 Å². The van der Waals surface area contributed by atoms with E-state index < -0.39 is 0 Å². The molecule has 0 bridgehead atoms. The van der Waals surface area contributed by atoms with E-state index in [0.29, 0.717) is 11.5 Å². The van der Waals surface area contributed by atoms with Gasteiger partial charge in [-0.3, -0.25) is 4.79 Å². The van der Waals surface area contributed by atoms with Crippen LogP contribution in [0, 0.1) is 6.92 Å². The molecule has 1 aromatic rings. The minimum absolute atomic E-state index is 0.0164. The highest BCUT2D eigenvalue weighted by molar-refractivity contribution is 6.27. The van der Waals surface area contributed by atoms with Gasteiger partial charge >= 0.3 is 0 Å². The minimum atomic E-state index is -0.131. The number of aryl methyl sites for hydroxylation is 1. The van der Waals surface area contributed by atoms with Gasteiger partial charge in [0.2, 0.25) is 0 Å². The summed E-state index contributed by atoms with van der Waals surface area (Å²) in [5.41, 5.74) is 0.310. The molecule has 0 aliphatic heterocycles. The van der Waals surface area contributed by atoms with Gasteiger partial charge in [0.1, 0.15) is 11.5 Å². The predicted molar refractivity (Wildman–Crippen MR) is 36.3 cm³/mol. The van der Waals surface area contributed by atoms with Gasteiger partial charge in [0.25, 0.3) is 5.35 Å². The summed E-state index contributed by atoms with van der Waals surface area (Å²) in [6, 6.07) is 0. The Morgan fingerprint density at radius 1 is 1.70 bits per heavy atom. The fourth-order valence-electron chi connectivity index (χ4n) is 0.691. The highest BCUT2D eigenvalue weighted by atomic mass is 35.5. The van der Waals surface area contributed by atoms with Crippen molar-refractivity contribution in [3.8, 4) is 0 Å². The molecular formula is C6H6ClNO2. The van der Waals surface area contributed by atoms with E-state index in [0.717, 1.165) is 0 Å². The van der Waals surface area contributed by atoms with Crippen molar-refractivity contribution in [3.63, 3.8) is 0 Å². The van der Waals surface area contributed by atoms with E-state index in [-0.39, 0.29) is 11.1 Å². The smallest absolute Gasteiger partial charge is 0.292 e. The highest BCUT2D eigenvalue weighted by Gasteiger charge is 2.10. The molecule has 1 rings (SSSR count). The molecule has 0 saturated heterocycles. The van der Waals surface area contributed by atoms with Crippen molar-refractivity contribution in [2.75, 3.05) is 0 Å². The molecule has 10 heavy (non-hydrogen) atoms. The quantitative estimate of drug-likeness (QED) is 0.588. The molecule has 0 fully saturated rings. The van der Waals surface area contributed by atoms with E-state index in [1.54, 1.807) is 6.92 Å². The first kappa shape index (κ1) is 7.28. The van der Waals surface area contributed by atoms with E-state index in [1.807, 2.05) is 0 Å². The van der Waals surface area contributed by atoms with Crippen LogP contribution in [-0.2, 0) is 0 Å². The molecule has 1 aromatic heterocycles. The summed E-state index contributed by atoms with van der Waals surface area (Å²) in [7, 11) is 0. The average molecular weight is 160 g/mol. The Balaban J connectivity index is 3.15. The van der Waals surface area contributed by atoms with E-state index in [9.17, 15) is 4.79 Å². The van der Waals surface area contributed by atoms with Crippen LogP contribution >= 0.6 is 11.6 Å². The molecule has 4 heteroatoms. The molecule has 1 heterocycles. The molecule has 0 radical (unpaired) electrons. The Labute approximate surface area is 63.0 Å². The van der Waals surface area contributed by atoms with Crippen LogP contribution in [0.15, 0.2) is 4.42 Å². The summed E-state index contributed by atoms with van der Waals surface area (Å²) >= 11 is 5.38. The summed E-state index contributed by atoms with van der Waals surface area (Å²) < 4.78 is 4.81. The second-order valence-electron chi connectivity index (χ2n) is 1.93. The van der Waals surface area contributed by atoms with E-state index in [2.05, 4.69) is 4.98 Å². The Morgan fingerprint density at radius 2 is 2.30 bits per heavy atom. The van der Waals surface area contributed by atoms with Crippen molar-refractivity contribution in [1.29, 1.82) is 0 Å². The Hall–Kier alpha value is -0.830. The molecule has 0 unspecified atom stereocenters. The third kappa shape index (κ3) is 1.19. The maximum Gasteiger partial charge on any atom is 0.292 e. The zero-order valence-electron chi connectivity index (χ0n) is 5.64. The van der Waals surface area contributed by atoms with E-state index in [4.69, 9.17) is 16.0 Å².